The Kier molecular flexibility index (Phi) is 2.01. The average Bonchev–Trinajstić information content (AvgIpc) is 2.34. The van der Waals surface area contributed by atoms with Crippen LogP contribution in [-0.2, 0) is 6.42 Å². The van der Waals surface area contributed by atoms with Crippen molar-refractivity contribution < 1.29 is 0 Å². The fraction of sp³-hybridized carbons (Fsp3) is 0.333. The molecule has 0 unspecified atom stereocenters. The lowest BCUT2D eigenvalue weighted by atomic mass is 10.3. The van der Waals surface area contributed by atoms with E-state index in [1.165, 1.54) is 0 Å². The van der Waals surface area contributed by atoms with Gasteiger partial charge >= 0.3 is 0 Å². The van der Waals surface area contributed by atoms with Gasteiger partial charge in [0.2, 0.25) is 0 Å². The van der Waals surface area contributed by atoms with Crippen molar-refractivity contribution in [2.45, 2.75) is 13.3 Å². The van der Waals surface area contributed by atoms with E-state index in [2.05, 4.69) is 21.5 Å². The fourth-order valence-corrected chi connectivity index (χ4v) is 0.564. The minimum Gasteiger partial charge on any atom is -0.262 e. The zero-order valence-corrected chi connectivity index (χ0v) is 5.33. The van der Waals surface area contributed by atoms with Crippen molar-refractivity contribution in [2.75, 3.05) is 0 Å². The number of H-pyrrole nitrogens is 1. The second-order valence-electron chi connectivity index (χ2n) is 1.75. The summed E-state index contributed by atoms with van der Waals surface area (Å²) in [6.07, 6.45) is 6.67. The predicted molar refractivity (Wildman–Crippen MR) is 34.9 cm³/mol. The Morgan fingerprint density at radius 2 is 2.67 bits per heavy atom. The van der Waals surface area contributed by atoms with Gasteiger partial charge in [-0.3, -0.25) is 5.10 Å². The van der Waals surface area contributed by atoms with Crippen LogP contribution in [0, 0.1) is 0 Å². The summed E-state index contributed by atoms with van der Waals surface area (Å²) in [4.78, 5) is 0. The zero-order valence-electron chi connectivity index (χ0n) is 5.33. The molecule has 1 rings (SSSR count). The van der Waals surface area contributed by atoms with Crippen LogP contribution in [0.15, 0.2) is 18.3 Å². The van der Waals surface area contributed by atoms with Crippen molar-refractivity contribution in [1.29, 1.82) is 0 Å². The normalized spacial score (nSPS) is 10.8. The summed E-state index contributed by atoms with van der Waals surface area (Å²) in [5.41, 5.74) is 1.05. The van der Waals surface area contributed by atoms with E-state index in [1.807, 2.05) is 13.0 Å². The Morgan fingerprint density at radius 1 is 1.78 bits per heavy atom. The lowest BCUT2D eigenvalue weighted by molar-refractivity contribution is 0.919. The van der Waals surface area contributed by atoms with Gasteiger partial charge in [-0.25, -0.2) is 0 Å². The Morgan fingerprint density at radius 3 is 3.22 bits per heavy atom. The van der Waals surface area contributed by atoms with E-state index in [0.717, 1.165) is 12.1 Å². The highest BCUT2D eigenvalue weighted by atomic mass is 15.3. The summed E-state index contributed by atoms with van der Waals surface area (Å²) >= 11 is 0. The maximum Gasteiger partial charge on any atom is 0.0725 e. The number of nitrogens with one attached hydrogen (secondary N) is 1. The third kappa shape index (κ3) is 1.68. The van der Waals surface area contributed by atoms with Gasteiger partial charge in [0.15, 0.2) is 0 Å². The maximum absolute atomic E-state index is 3.64. The monoisotopic (exact) mass is 123 g/mol. The highest BCUT2D eigenvalue weighted by molar-refractivity contribution is 4.98. The van der Waals surface area contributed by atoms with Crippen molar-refractivity contribution in [3.63, 3.8) is 0 Å². The third-order valence-electron chi connectivity index (χ3n) is 1.04. The van der Waals surface area contributed by atoms with E-state index in [0.29, 0.717) is 0 Å². The highest BCUT2D eigenvalue weighted by Crippen LogP contribution is 1.90. The second-order valence-corrected chi connectivity index (χ2v) is 1.75. The molecule has 0 aliphatic rings. The average molecular weight is 123 g/mol. The first-order valence-electron chi connectivity index (χ1n) is 2.89. The number of aromatic amines is 1. The Hall–Kier alpha value is -1.12. The van der Waals surface area contributed by atoms with Gasteiger partial charge in [0, 0.05) is 6.42 Å². The molecule has 3 heteroatoms. The van der Waals surface area contributed by atoms with Crippen molar-refractivity contribution >= 4 is 0 Å². The maximum atomic E-state index is 3.64. The van der Waals surface area contributed by atoms with E-state index in [1.54, 1.807) is 6.20 Å². The standard InChI is InChI=1S/C6H9N3/c1-2-3-4-6-5-7-9-8-6/h2-3,5H,4H2,1H3,(H,7,8,9)/b3-2+. The van der Waals surface area contributed by atoms with Crippen LogP contribution in [-0.4, -0.2) is 15.4 Å². The van der Waals surface area contributed by atoms with Crippen LogP contribution in [0.25, 0.3) is 0 Å². The Bertz CT molecular complexity index is 176. The van der Waals surface area contributed by atoms with Gasteiger partial charge in [-0.15, -0.1) is 5.10 Å². The molecule has 1 N–H and O–H groups in total. The number of hydrogen-bond acceptors (Lipinski definition) is 2. The van der Waals surface area contributed by atoms with Crippen molar-refractivity contribution in [2.24, 2.45) is 0 Å². The van der Waals surface area contributed by atoms with Gasteiger partial charge in [0.05, 0.1) is 11.9 Å². The molecule has 1 heterocycles. The minimum atomic E-state index is 0.892. The molecule has 9 heavy (non-hydrogen) atoms. The molecule has 0 atom stereocenters. The quantitative estimate of drug-likeness (QED) is 0.594. The topological polar surface area (TPSA) is 41.6 Å². The molecule has 1 aromatic heterocycles. The molecule has 1 aromatic rings. The van der Waals surface area contributed by atoms with Crippen LogP contribution in [0.4, 0.5) is 0 Å². The summed E-state index contributed by atoms with van der Waals surface area (Å²) in [6, 6.07) is 0. The number of hydrogen-bond donors (Lipinski definition) is 1. The van der Waals surface area contributed by atoms with Gasteiger partial charge < -0.3 is 0 Å². The number of rotatable bonds is 2. The lowest BCUT2D eigenvalue weighted by Crippen LogP contribution is -1.78. The molecular weight excluding hydrogens is 114 g/mol. The molecule has 3 nitrogen and oxygen atoms in total. The van der Waals surface area contributed by atoms with E-state index >= 15 is 0 Å². The van der Waals surface area contributed by atoms with Gasteiger partial charge in [-0.2, -0.15) is 0 Å². The van der Waals surface area contributed by atoms with Crippen LogP contribution in [0.1, 0.15) is 12.6 Å². The number of aromatic nitrogens is 3. The van der Waals surface area contributed by atoms with Gasteiger partial charge in [-0.05, 0) is 6.92 Å². The largest absolute Gasteiger partial charge is 0.262 e. The predicted octanol–water partition coefficient (Wildman–Crippen LogP) is 0.923. The van der Waals surface area contributed by atoms with Crippen LogP contribution >= 0.6 is 0 Å². The first kappa shape index (κ1) is 6.01. The molecule has 0 bridgehead atoms. The van der Waals surface area contributed by atoms with E-state index in [9.17, 15) is 0 Å². The van der Waals surface area contributed by atoms with Gasteiger partial charge in [0.25, 0.3) is 0 Å². The van der Waals surface area contributed by atoms with Gasteiger partial charge in [0.1, 0.15) is 0 Å². The molecule has 0 saturated heterocycles. The van der Waals surface area contributed by atoms with Crippen LogP contribution in [0.2, 0.25) is 0 Å². The van der Waals surface area contributed by atoms with Crippen molar-refractivity contribution in [3.8, 4) is 0 Å². The highest BCUT2D eigenvalue weighted by Gasteiger charge is 1.86. The fourth-order valence-electron chi connectivity index (χ4n) is 0.564. The SMILES string of the molecule is C/C=C/Cc1cnn[nH]1. The van der Waals surface area contributed by atoms with E-state index in [4.69, 9.17) is 0 Å². The summed E-state index contributed by atoms with van der Waals surface area (Å²) in [6.45, 7) is 1.99. The van der Waals surface area contributed by atoms with Crippen LogP contribution in [0.5, 0.6) is 0 Å². The van der Waals surface area contributed by atoms with Crippen LogP contribution in [0.3, 0.4) is 0 Å². The smallest absolute Gasteiger partial charge is 0.0725 e. The lowest BCUT2D eigenvalue weighted by Gasteiger charge is -1.82. The summed E-state index contributed by atoms with van der Waals surface area (Å²) < 4.78 is 0. The molecule has 0 fully saturated rings. The Balaban J connectivity index is 2.48. The van der Waals surface area contributed by atoms with Crippen LogP contribution < -0.4 is 0 Å². The first-order chi connectivity index (χ1) is 4.43. The van der Waals surface area contributed by atoms with Crippen molar-refractivity contribution in [3.05, 3.63) is 24.0 Å². The molecule has 0 spiro atoms. The number of nitrogens with zero attached hydrogens (tertiary/aromatic N) is 2. The zero-order chi connectivity index (χ0) is 6.53. The molecule has 0 aromatic carbocycles. The molecule has 0 aliphatic heterocycles. The Labute approximate surface area is 53.8 Å². The van der Waals surface area contributed by atoms with Gasteiger partial charge in [-0.1, -0.05) is 17.4 Å². The van der Waals surface area contributed by atoms with E-state index < -0.39 is 0 Å². The molecule has 0 aliphatic carbocycles. The molecule has 48 valence electrons. The third-order valence-corrected chi connectivity index (χ3v) is 1.04. The minimum absolute atomic E-state index is 0.892. The van der Waals surface area contributed by atoms with E-state index in [-0.39, 0.29) is 0 Å². The molecule has 0 amide bonds. The molecular formula is C6H9N3. The first-order valence-corrected chi connectivity index (χ1v) is 2.89. The summed E-state index contributed by atoms with van der Waals surface area (Å²) in [5, 5.41) is 9.96. The molecule has 0 radical (unpaired) electrons. The summed E-state index contributed by atoms with van der Waals surface area (Å²) in [5.74, 6) is 0. The summed E-state index contributed by atoms with van der Waals surface area (Å²) in [7, 11) is 0. The second kappa shape index (κ2) is 3.02. The molecule has 0 saturated carbocycles. The number of allylic oxidation sites excluding steroid dienone is 2. The van der Waals surface area contributed by atoms with Crippen molar-refractivity contribution in [1.82, 2.24) is 15.4 Å².